The van der Waals surface area contributed by atoms with E-state index in [1.54, 1.807) is 0 Å². The summed E-state index contributed by atoms with van der Waals surface area (Å²) in [6.45, 7) is 6.34. The number of unbranched alkanes of at least 4 members (excludes halogenated alkanes) is 28. The topological polar surface area (TPSA) is 78.9 Å². The molecule has 1 unspecified atom stereocenters. The second-order valence-corrected chi connectivity index (χ2v) is 21.6. The van der Waals surface area contributed by atoms with Crippen LogP contribution in [0.5, 0.6) is 0 Å². The fourth-order valence-electron chi connectivity index (χ4n) is 9.09. The fraction of sp³-hybridized carbons (Fsp3) is 0.685. The quantitative estimate of drug-likeness (QED) is 0.0261. The lowest BCUT2D eigenvalue weighted by Gasteiger charge is -2.18. The minimum atomic E-state index is -0.779. The summed E-state index contributed by atoms with van der Waals surface area (Å²) < 4.78 is 16.8. The van der Waals surface area contributed by atoms with Gasteiger partial charge in [0.05, 0.1) is 0 Å². The molecule has 79 heavy (non-hydrogen) atoms. The molecule has 0 rings (SSSR count). The molecule has 0 amide bonds. The molecule has 1 atom stereocenters. The van der Waals surface area contributed by atoms with Gasteiger partial charge in [0.1, 0.15) is 13.2 Å². The van der Waals surface area contributed by atoms with Crippen LogP contribution in [0.25, 0.3) is 0 Å². The maximum atomic E-state index is 12.8. The van der Waals surface area contributed by atoms with Crippen molar-refractivity contribution in [1.29, 1.82) is 0 Å². The van der Waals surface area contributed by atoms with Crippen LogP contribution in [0, 0.1) is 0 Å². The zero-order valence-electron chi connectivity index (χ0n) is 51.6. The summed E-state index contributed by atoms with van der Waals surface area (Å²) >= 11 is 0. The lowest BCUT2D eigenvalue weighted by molar-refractivity contribution is -0.167. The number of carbonyl (C=O) groups excluding carboxylic acids is 3. The molecule has 0 radical (unpaired) electrons. The van der Waals surface area contributed by atoms with Gasteiger partial charge in [0.2, 0.25) is 0 Å². The van der Waals surface area contributed by atoms with Crippen LogP contribution in [-0.4, -0.2) is 37.2 Å². The molecular formula is C73H122O6. The molecule has 0 aromatic carbocycles. The molecular weight excluding hydrogens is 973 g/mol. The fourth-order valence-corrected chi connectivity index (χ4v) is 9.09. The SMILES string of the molecule is CC/C=C\C/C=C\C/C=C\C/C=C\C/C=C\C/C=C\CCCCCCCCCCCCCCCCC(=O)OCC(COC(=O)CCCCCCC)OC(=O)CCCCCCCCCCCC/C=C\C/C=C\C/C=C\C/C=C\CC. The maximum Gasteiger partial charge on any atom is 0.306 e. The second kappa shape index (κ2) is 66.3. The van der Waals surface area contributed by atoms with Gasteiger partial charge in [-0.2, -0.15) is 0 Å². The van der Waals surface area contributed by atoms with Crippen LogP contribution in [0.4, 0.5) is 0 Å². The molecule has 0 aromatic rings. The molecule has 0 aliphatic rings. The van der Waals surface area contributed by atoms with E-state index in [1.165, 1.54) is 135 Å². The number of esters is 3. The smallest absolute Gasteiger partial charge is 0.306 e. The number of hydrogen-bond donors (Lipinski definition) is 0. The number of allylic oxidation sites excluding steroid dienone is 20. The Kier molecular flexibility index (Phi) is 62.8. The second-order valence-electron chi connectivity index (χ2n) is 21.6. The molecule has 0 aliphatic heterocycles. The largest absolute Gasteiger partial charge is 0.462 e. The van der Waals surface area contributed by atoms with E-state index in [9.17, 15) is 14.4 Å². The molecule has 6 heteroatoms. The van der Waals surface area contributed by atoms with Crippen LogP contribution in [0.3, 0.4) is 0 Å². The van der Waals surface area contributed by atoms with Crippen LogP contribution in [0.15, 0.2) is 122 Å². The number of rotatable bonds is 59. The third-order valence-electron chi connectivity index (χ3n) is 14.0. The average Bonchev–Trinajstić information content (AvgIpc) is 3.45. The zero-order valence-corrected chi connectivity index (χ0v) is 51.6. The summed E-state index contributed by atoms with van der Waals surface area (Å²) in [7, 11) is 0. The van der Waals surface area contributed by atoms with E-state index in [1.807, 2.05) is 0 Å². The Morgan fingerprint density at radius 3 is 0.772 bits per heavy atom. The van der Waals surface area contributed by atoms with Crippen molar-refractivity contribution in [2.45, 2.75) is 309 Å². The van der Waals surface area contributed by atoms with E-state index in [0.717, 1.165) is 128 Å². The number of ether oxygens (including phenoxy) is 3. The van der Waals surface area contributed by atoms with Crippen molar-refractivity contribution in [3.05, 3.63) is 122 Å². The Morgan fingerprint density at radius 2 is 0.494 bits per heavy atom. The third kappa shape index (κ3) is 64.5. The molecule has 0 aliphatic carbocycles. The Labute approximate surface area is 488 Å². The summed E-state index contributed by atoms with van der Waals surface area (Å²) in [5, 5.41) is 0. The Balaban J connectivity index is 4.01. The molecule has 0 aromatic heterocycles. The molecule has 0 spiro atoms. The van der Waals surface area contributed by atoms with Gasteiger partial charge in [-0.3, -0.25) is 14.4 Å². The summed E-state index contributed by atoms with van der Waals surface area (Å²) in [6.07, 6.45) is 92.6. The van der Waals surface area contributed by atoms with Gasteiger partial charge in [0.15, 0.2) is 6.10 Å². The lowest BCUT2D eigenvalue weighted by Crippen LogP contribution is -2.30. The van der Waals surface area contributed by atoms with Gasteiger partial charge in [-0.25, -0.2) is 0 Å². The highest BCUT2D eigenvalue weighted by Crippen LogP contribution is 2.16. The Bertz CT molecular complexity index is 1640. The molecule has 450 valence electrons. The van der Waals surface area contributed by atoms with Crippen molar-refractivity contribution in [1.82, 2.24) is 0 Å². The van der Waals surface area contributed by atoms with E-state index in [2.05, 4.69) is 142 Å². The van der Waals surface area contributed by atoms with E-state index in [0.29, 0.717) is 19.3 Å². The molecule has 0 saturated carbocycles. The molecule has 0 heterocycles. The minimum Gasteiger partial charge on any atom is -0.462 e. The van der Waals surface area contributed by atoms with E-state index in [-0.39, 0.29) is 31.1 Å². The van der Waals surface area contributed by atoms with Crippen LogP contribution < -0.4 is 0 Å². The first-order valence-electron chi connectivity index (χ1n) is 33.0. The molecule has 0 N–H and O–H groups in total. The third-order valence-corrected chi connectivity index (χ3v) is 14.0. The highest BCUT2D eigenvalue weighted by molar-refractivity contribution is 5.71. The van der Waals surface area contributed by atoms with Crippen molar-refractivity contribution in [3.8, 4) is 0 Å². The summed E-state index contributed by atoms with van der Waals surface area (Å²) in [5.41, 5.74) is 0. The standard InChI is InChI=1S/C73H122O6/c1-4-7-10-13-15-17-19-21-23-25-27-29-31-32-33-34-35-36-37-38-39-40-42-43-45-47-49-51-53-55-57-60-63-66-72(75)78-69-70(68-77-71(74)65-62-59-12-9-6-3)79-73(76)67-64-61-58-56-54-52-50-48-46-44-41-30-28-26-24-22-20-18-16-14-11-8-5-2/h7-8,10-11,15-18,21-24,27-30,32-33,35-36,70H,4-6,9,12-14,19-20,25-26,31,34,37-69H2,1-3H3/b10-7-,11-8-,17-15-,18-16-,23-21-,24-22-,29-27-,30-28-,33-32-,36-35-. The van der Waals surface area contributed by atoms with Crippen molar-refractivity contribution in [3.63, 3.8) is 0 Å². The lowest BCUT2D eigenvalue weighted by atomic mass is 10.0. The van der Waals surface area contributed by atoms with Gasteiger partial charge in [0.25, 0.3) is 0 Å². The Morgan fingerprint density at radius 1 is 0.266 bits per heavy atom. The van der Waals surface area contributed by atoms with Crippen molar-refractivity contribution >= 4 is 17.9 Å². The van der Waals surface area contributed by atoms with Gasteiger partial charge in [-0.15, -0.1) is 0 Å². The predicted molar refractivity (Wildman–Crippen MR) is 343 cm³/mol. The number of hydrogen-bond acceptors (Lipinski definition) is 6. The first-order valence-corrected chi connectivity index (χ1v) is 33.0. The minimum absolute atomic E-state index is 0.0795. The zero-order chi connectivity index (χ0) is 57.1. The summed E-state index contributed by atoms with van der Waals surface area (Å²) in [6, 6.07) is 0. The summed E-state index contributed by atoms with van der Waals surface area (Å²) in [5.74, 6) is -0.892. The van der Waals surface area contributed by atoms with Crippen LogP contribution in [0.2, 0.25) is 0 Å². The van der Waals surface area contributed by atoms with Crippen LogP contribution >= 0.6 is 0 Å². The first-order chi connectivity index (χ1) is 39.0. The van der Waals surface area contributed by atoms with Crippen molar-refractivity contribution in [2.24, 2.45) is 0 Å². The first kappa shape index (κ1) is 74.8. The molecule has 0 bridgehead atoms. The van der Waals surface area contributed by atoms with Crippen LogP contribution in [-0.2, 0) is 28.6 Å². The van der Waals surface area contributed by atoms with Gasteiger partial charge in [0, 0.05) is 19.3 Å². The molecule has 0 saturated heterocycles. The van der Waals surface area contributed by atoms with Crippen molar-refractivity contribution < 1.29 is 28.6 Å². The highest BCUT2D eigenvalue weighted by Gasteiger charge is 2.19. The van der Waals surface area contributed by atoms with E-state index < -0.39 is 6.10 Å². The molecule has 0 fully saturated rings. The predicted octanol–water partition coefficient (Wildman–Crippen LogP) is 22.8. The highest BCUT2D eigenvalue weighted by atomic mass is 16.6. The summed E-state index contributed by atoms with van der Waals surface area (Å²) in [4.78, 5) is 38.0. The molecule has 6 nitrogen and oxygen atoms in total. The van der Waals surface area contributed by atoms with Gasteiger partial charge < -0.3 is 14.2 Å². The average molecular weight is 1100 g/mol. The monoisotopic (exact) mass is 1090 g/mol. The van der Waals surface area contributed by atoms with E-state index >= 15 is 0 Å². The normalized spacial score (nSPS) is 12.9. The van der Waals surface area contributed by atoms with Gasteiger partial charge >= 0.3 is 17.9 Å². The van der Waals surface area contributed by atoms with Crippen molar-refractivity contribution in [2.75, 3.05) is 13.2 Å². The van der Waals surface area contributed by atoms with E-state index in [4.69, 9.17) is 14.2 Å². The maximum absolute atomic E-state index is 12.8. The number of carbonyl (C=O) groups is 3. The van der Waals surface area contributed by atoms with Gasteiger partial charge in [-0.05, 0) is 109 Å². The Hall–Kier alpha value is -4.19. The van der Waals surface area contributed by atoms with Gasteiger partial charge in [-0.1, -0.05) is 296 Å². The van der Waals surface area contributed by atoms with Crippen LogP contribution in [0.1, 0.15) is 303 Å².